The molecule has 0 aliphatic heterocycles. The van der Waals surface area contributed by atoms with Crippen molar-refractivity contribution in [1.82, 2.24) is 5.32 Å². The summed E-state index contributed by atoms with van der Waals surface area (Å²) in [5, 5.41) is 3.25. The normalized spacial score (nSPS) is 13.2. The van der Waals surface area contributed by atoms with Gasteiger partial charge in [-0.1, -0.05) is 6.92 Å². The minimum absolute atomic E-state index is 0.591. The lowest BCUT2D eigenvalue weighted by Crippen LogP contribution is -2.22. The van der Waals surface area contributed by atoms with E-state index in [4.69, 9.17) is 0 Å². The zero-order chi connectivity index (χ0) is 8.97. The second kappa shape index (κ2) is 4.63. The van der Waals surface area contributed by atoms with Crippen molar-refractivity contribution in [2.45, 2.75) is 32.7 Å². The maximum Gasteiger partial charge on any atom is 0.00840 e. The van der Waals surface area contributed by atoms with Gasteiger partial charge in [-0.05, 0) is 38.9 Å². The zero-order valence-corrected chi connectivity index (χ0v) is 8.87. The Balaban J connectivity index is 2.52. The molecule has 1 unspecified atom stereocenters. The Morgan fingerprint density at radius 3 is 2.58 bits per heavy atom. The van der Waals surface area contributed by atoms with E-state index in [9.17, 15) is 0 Å². The van der Waals surface area contributed by atoms with Crippen molar-refractivity contribution >= 4 is 11.3 Å². The van der Waals surface area contributed by atoms with Gasteiger partial charge in [-0.3, -0.25) is 0 Å². The molecule has 1 aromatic heterocycles. The van der Waals surface area contributed by atoms with E-state index >= 15 is 0 Å². The molecule has 0 aliphatic rings. The third kappa shape index (κ3) is 2.61. The Morgan fingerprint density at radius 1 is 1.42 bits per heavy atom. The van der Waals surface area contributed by atoms with Gasteiger partial charge >= 0.3 is 0 Å². The number of hydrogen-bond donors (Lipinski definition) is 1. The fourth-order valence-electron chi connectivity index (χ4n) is 1.13. The maximum atomic E-state index is 3.25. The highest BCUT2D eigenvalue weighted by atomic mass is 32.1. The van der Waals surface area contributed by atoms with E-state index in [-0.39, 0.29) is 0 Å². The lowest BCUT2D eigenvalue weighted by molar-refractivity contribution is 0.613. The molecule has 0 amide bonds. The highest BCUT2D eigenvalue weighted by Gasteiger charge is 2.02. The third-order valence-electron chi connectivity index (χ3n) is 2.07. The van der Waals surface area contributed by atoms with Crippen LogP contribution in [0.4, 0.5) is 0 Å². The first-order valence-electron chi connectivity index (χ1n) is 4.51. The number of likely N-dealkylation sites (N-methyl/N-ethyl adjacent to an activating group) is 1. The smallest absolute Gasteiger partial charge is 0.00840 e. The fraction of sp³-hybridized carbons (Fsp3) is 0.600. The van der Waals surface area contributed by atoms with E-state index in [1.54, 1.807) is 0 Å². The molecule has 0 aliphatic carbocycles. The van der Waals surface area contributed by atoms with Crippen LogP contribution in [0.5, 0.6) is 0 Å². The zero-order valence-electron chi connectivity index (χ0n) is 8.05. The third-order valence-corrected chi connectivity index (χ3v) is 3.32. The maximum absolute atomic E-state index is 3.25. The summed E-state index contributed by atoms with van der Waals surface area (Å²) >= 11 is 1.94. The summed E-state index contributed by atoms with van der Waals surface area (Å²) in [4.78, 5) is 2.99. The second-order valence-electron chi connectivity index (χ2n) is 3.12. The molecular weight excluding hydrogens is 166 g/mol. The van der Waals surface area contributed by atoms with Crippen LogP contribution in [-0.4, -0.2) is 13.1 Å². The van der Waals surface area contributed by atoms with Crippen LogP contribution in [0, 0.1) is 0 Å². The average Bonchev–Trinajstić information content (AvgIpc) is 2.52. The standard InChI is InChI=1S/C10H17NS/c1-4-9-5-6-10(12-9)7-8(2)11-3/h5-6,8,11H,4,7H2,1-3H3. The van der Waals surface area contributed by atoms with E-state index in [1.807, 2.05) is 18.4 Å². The largest absolute Gasteiger partial charge is 0.317 e. The van der Waals surface area contributed by atoms with E-state index in [2.05, 4.69) is 31.3 Å². The lowest BCUT2D eigenvalue weighted by atomic mass is 10.2. The highest BCUT2D eigenvalue weighted by molar-refractivity contribution is 7.11. The Hall–Kier alpha value is -0.340. The van der Waals surface area contributed by atoms with Gasteiger partial charge in [-0.15, -0.1) is 11.3 Å². The Kier molecular flexibility index (Phi) is 3.76. The summed E-state index contributed by atoms with van der Waals surface area (Å²) in [6.07, 6.45) is 2.32. The van der Waals surface area contributed by atoms with Gasteiger partial charge in [0.1, 0.15) is 0 Å². The van der Waals surface area contributed by atoms with E-state index in [0.29, 0.717) is 6.04 Å². The number of aryl methyl sites for hydroxylation is 1. The first-order chi connectivity index (χ1) is 5.76. The van der Waals surface area contributed by atoms with E-state index < -0.39 is 0 Å². The minimum Gasteiger partial charge on any atom is -0.317 e. The van der Waals surface area contributed by atoms with E-state index in [0.717, 1.165) is 6.42 Å². The molecular formula is C10H17NS. The van der Waals surface area contributed by atoms with Gasteiger partial charge in [0.05, 0.1) is 0 Å². The van der Waals surface area contributed by atoms with Crippen molar-refractivity contribution in [2.75, 3.05) is 7.05 Å². The molecule has 1 atom stereocenters. The van der Waals surface area contributed by atoms with Crippen LogP contribution in [-0.2, 0) is 12.8 Å². The Morgan fingerprint density at radius 2 is 2.08 bits per heavy atom. The summed E-state index contributed by atoms with van der Waals surface area (Å²) < 4.78 is 0. The van der Waals surface area contributed by atoms with Crippen molar-refractivity contribution < 1.29 is 0 Å². The van der Waals surface area contributed by atoms with Crippen LogP contribution in [0.2, 0.25) is 0 Å². The molecule has 1 nitrogen and oxygen atoms in total. The molecule has 0 spiro atoms. The molecule has 1 rings (SSSR count). The molecule has 1 heterocycles. The van der Waals surface area contributed by atoms with Gasteiger partial charge in [0.25, 0.3) is 0 Å². The summed E-state index contributed by atoms with van der Waals surface area (Å²) in [6.45, 7) is 4.42. The number of thiophene rings is 1. The first-order valence-corrected chi connectivity index (χ1v) is 5.32. The van der Waals surface area contributed by atoms with Gasteiger partial charge in [-0.2, -0.15) is 0 Å². The Bertz CT molecular complexity index is 229. The monoisotopic (exact) mass is 183 g/mol. The van der Waals surface area contributed by atoms with Crippen molar-refractivity contribution in [3.8, 4) is 0 Å². The number of rotatable bonds is 4. The molecule has 1 N–H and O–H groups in total. The van der Waals surface area contributed by atoms with Gasteiger partial charge in [0.2, 0.25) is 0 Å². The van der Waals surface area contributed by atoms with E-state index in [1.165, 1.54) is 16.2 Å². The summed E-state index contributed by atoms with van der Waals surface area (Å²) in [6, 6.07) is 5.08. The quantitative estimate of drug-likeness (QED) is 0.756. The van der Waals surface area contributed by atoms with Gasteiger partial charge < -0.3 is 5.32 Å². The molecule has 1 aromatic rings. The van der Waals surface area contributed by atoms with Crippen molar-refractivity contribution in [2.24, 2.45) is 0 Å². The highest BCUT2D eigenvalue weighted by Crippen LogP contribution is 2.18. The molecule has 0 aromatic carbocycles. The van der Waals surface area contributed by atoms with Crippen LogP contribution in [0.3, 0.4) is 0 Å². The fourth-order valence-corrected chi connectivity index (χ4v) is 2.21. The molecule has 2 heteroatoms. The predicted molar refractivity (Wildman–Crippen MR) is 55.9 cm³/mol. The van der Waals surface area contributed by atoms with Crippen LogP contribution < -0.4 is 5.32 Å². The van der Waals surface area contributed by atoms with Crippen LogP contribution in [0.1, 0.15) is 23.6 Å². The van der Waals surface area contributed by atoms with Crippen LogP contribution in [0.15, 0.2) is 12.1 Å². The predicted octanol–water partition coefficient (Wildman–Crippen LogP) is 2.46. The molecule has 68 valence electrons. The molecule has 0 fully saturated rings. The van der Waals surface area contributed by atoms with Gasteiger partial charge in [0, 0.05) is 15.8 Å². The lowest BCUT2D eigenvalue weighted by Gasteiger charge is -2.06. The number of nitrogens with one attached hydrogen (secondary N) is 1. The summed E-state index contributed by atoms with van der Waals surface area (Å²) in [7, 11) is 2.01. The SMILES string of the molecule is CCc1ccc(CC(C)NC)s1. The molecule has 0 radical (unpaired) electrons. The van der Waals surface area contributed by atoms with Crippen molar-refractivity contribution in [3.63, 3.8) is 0 Å². The summed E-state index contributed by atoms with van der Waals surface area (Å²) in [5.74, 6) is 0. The summed E-state index contributed by atoms with van der Waals surface area (Å²) in [5.41, 5.74) is 0. The Labute approximate surface area is 78.8 Å². The van der Waals surface area contributed by atoms with Crippen molar-refractivity contribution in [3.05, 3.63) is 21.9 Å². The van der Waals surface area contributed by atoms with Crippen LogP contribution in [0.25, 0.3) is 0 Å². The molecule has 0 saturated heterocycles. The van der Waals surface area contributed by atoms with Crippen LogP contribution >= 0.6 is 11.3 Å². The topological polar surface area (TPSA) is 12.0 Å². The first kappa shape index (κ1) is 9.75. The number of hydrogen-bond acceptors (Lipinski definition) is 2. The van der Waals surface area contributed by atoms with Crippen molar-refractivity contribution in [1.29, 1.82) is 0 Å². The van der Waals surface area contributed by atoms with Gasteiger partial charge in [-0.25, -0.2) is 0 Å². The average molecular weight is 183 g/mol. The minimum atomic E-state index is 0.591. The molecule has 12 heavy (non-hydrogen) atoms. The molecule has 0 saturated carbocycles. The van der Waals surface area contributed by atoms with Gasteiger partial charge in [0.15, 0.2) is 0 Å². The molecule has 0 bridgehead atoms. The second-order valence-corrected chi connectivity index (χ2v) is 4.37.